The second kappa shape index (κ2) is 6.80. The molecule has 3 aromatic rings. The van der Waals surface area contributed by atoms with E-state index >= 15 is 0 Å². The Morgan fingerprint density at radius 3 is 2.55 bits per heavy atom. The molecule has 1 amide bonds. The van der Waals surface area contributed by atoms with Crippen LogP contribution in [0.5, 0.6) is 11.5 Å². The summed E-state index contributed by atoms with van der Waals surface area (Å²) in [6.45, 7) is 1.18. The van der Waals surface area contributed by atoms with Crippen LogP contribution in [0.4, 0.5) is 0 Å². The lowest BCUT2D eigenvalue weighted by Gasteiger charge is -2.31. The summed E-state index contributed by atoms with van der Waals surface area (Å²) in [5, 5.41) is 0. The number of Topliss-reactive ketones (excluding diaryl/α,β-unsaturated/α-hetero) is 1. The standard InChI is InChI=1S/C21H18N2O6/c24-19(13-1-3-15-17(9-13)29-21(26)22-15)12-5-7-23(8-6-12)20(25)14-2-4-16-18(10-14)28-11-27-16/h1-4,9-10,12H,5-8,11H2,(H,22,26). The number of rotatable bonds is 3. The first-order chi connectivity index (χ1) is 14.1. The first-order valence-corrected chi connectivity index (χ1v) is 9.44. The monoisotopic (exact) mass is 394 g/mol. The Morgan fingerprint density at radius 2 is 1.72 bits per heavy atom. The summed E-state index contributed by atoms with van der Waals surface area (Å²) in [4.78, 5) is 41.3. The molecule has 3 heterocycles. The summed E-state index contributed by atoms with van der Waals surface area (Å²) in [7, 11) is 0. The number of likely N-dealkylation sites (tertiary alicyclic amines) is 1. The van der Waals surface area contributed by atoms with Gasteiger partial charge in [-0.2, -0.15) is 0 Å². The fourth-order valence-corrected chi connectivity index (χ4v) is 3.89. The quantitative estimate of drug-likeness (QED) is 0.685. The maximum absolute atomic E-state index is 12.9. The van der Waals surface area contributed by atoms with E-state index in [2.05, 4.69) is 4.98 Å². The number of piperidine rings is 1. The van der Waals surface area contributed by atoms with Crippen molar-refractivity contribution in [2.45, 2.75) is 12.8 Å². The number of aromatic nitrogens is 1. The number of benzene rings is 2. The van der Waals surface area contributed by atoms with Crippen LogP contribution < -0.4 is 15.2 Å². The molecule has 2 aliphatic heterocycles. The molecule has 148 valence electrons. The first-order valence-electron chi connectivity index (χ1n) is 9.44. The zero-order valence-electron chi connectivity index (χ0n) is 15.5. The summed E-state index contributed by atoms with van der Waals surface area (Å²) >= 11 is 0. The first kappa shape index (κ1) is 17.5. The minimum Gasteiger partial charge on any atom is -0.454 e. The molecule has 0 radical (unpaired) electrons. The van der Waals surface area contributed by atoms with Crippen molar-refractivity contribution < 1.29 is 23.5 Å². The molecule has 1 fully saturated rings. The van der Waals surface area contributed by atoms with Gasteiger partial charge in [0.15, 0.2) is 22.9 Å². The summed E-state index contributed by atoms with van der Waals surface area (Å²) in [6.07, 6.45) is 1.18. The van der Waals surface area contributed by atoms with Crippen LogP contribution in [0.25, 0.3) is 11.1 Å². The van der Waals surface area contributed by atoms with Gasteiger partial charge in [0.05, 0.1) is 5.52 Å². The third-order valence-electron chi connectivity index (χ3n) is 5.48. The van der Waals surface area contributed by atoms with Crippen LogP contribution in [0.1, 0.15) is 33.6 Å². The van der Waals surface area contributed by atoms with Crippen LogP contribution in [0.3, 0.4) is 0 Å². The molecular formula is C21H18N2O6. The third kappa shape index (κ3) is 3.16. The number of carbonyl (C=O) groups is 2. The normalized spacial score (nSPS) is 16.3. The van der Waals surface area contributed by atoms with E-state index in [0.29, 0.717) is 59.7 Å². The van der Waals surface area contributed by atoms with E-state index in [1.165, 1.54) is 0 Å². The van der Waals surface area contributed by atoms with Crippen LogP contribution in [-0.4, -0.2) is 41.5 Å². The lowest BCUT2D eigenvalue weighted by molar-refractivity contribution is 0.0650. The van der Waals surface area contributed by atoms with Gasteiger partial charge in [-0.1, -0.05) is 0 Å². The van der Waals surface area contributed by atoms with Crippen molar-refractivity contribution in [3.05, 3.63) is 58.1 Å². The molecule has 0 saturated carbocycles. The van der Waals surface area contributed by atoms with E-state index in [-0.39, 0.29) is 24.4 Å². The lowest BCUT2D eigenvalue weighted by Crippen LogP contribution is -2.40. The third-order valence-corrected chi connectivity index (χ3v) is 5.48. The number of oxazole rings is 1. The molecular weight excluding hydrogens is 376 g/mol. The maximum atomic E-state index is 12.9. The number of hydrogen-bond acceptors (Lipinski definition) is 6. The molecule has 0 atom stereocenters. The van der Waals surface area contributed by atoms with Gasteiger partial charge in [0.25, 0.3) is 5.91 Å². The van der Waals surface area contributed by atoms with Gasteiger partial charge in [0, 0.05) is 30.1 Å². The number of fused-ring (bicyclic) bond motifs is 2. The van der Waals surface area contributed by atoms with Crippen molar-refractivity contribution in [1.82, 2.24) is 9.88 Å². The average molecular weight is 394 g/mol. The van der Waals surface area contributed by atoms with E-state index in [4.69, 9.17) is 13.9 Å². The van der Waals surface area contributed by atoms with Gasteiger partial charge >= 0.3 is 5.76 Å². The molecule has 0 aliphatic carbocycles. The fourth-order valence-electron chi connectivity index (χ4n) is 3.89. The molecule has 1 N–H and O–H groups in total. The number of H-pyrrole nitrogens is 1. The Kier molecular flexibility index (Phi) is 4.12. The number of ketones is 1. The van der Waals surface area contributed by atoms with Crippen molar-refractivity contribution in [2.75, 3.05) is 19.9 Å². The molecule has 8 nitrogen and oxygen atoms in total. The molecule has 8 heteroatoms. The van der Waals surface area contributed by atoms with Crippen LogP contribution in [0.15, 0.2) is 45.6 Å². The van der Waals surface area contributed by atoms with Gasteiger partial charge in [-0.25, -0.2) is 4.79 Å². The predicted octanol–water partition coefficient (Wildman–Crippen LogP) is 2.58. The second-order valence-electron chi connectivity index (χ2n) is 7.22. The molecule has 5 rings (SSSR count). The largest absolute Gasteiger partial charge is 0.454 e. The van der Waals surface area contributed by atoms with Crippen molar-refractivity contribution >= 4 is 22.8 Å². The predicted molar refractivity (Wildman–Crippen MR) is 102 cm³/mol. The SMILES string of the molecule is O=C(c1ccc2[nH]c(=O)oc2c1)C1CCN(C(=O)c2ccc3c(c2)OCO3)CC1. The highest BCUT2D eigenvalue weighted by atomic mass is 16.7. The Bertz CT molecular complexity index is 1170. The van der Waals surface area contributed by atoms with Gasteiger partial charge in [-0.05, 0) is 49.2 Å². The summed E-state index contributed by atoms with van der Waals surface area (Å²) in [5.41, 5.74) is 2.00. The molecule has 0 bridgehead atoms. The summed E-state index contributed by atoms with van der Waals surface area (Å²) in [5.74, 6) is 0.434. The average Bonchev–Trinajstić information content (AvgIpc) is 3.36. The number of aromatic amines is 1. The van der Waals surface area contributed by atoms with Crippen LogP contribution >= 0.6 is 0 Å². The molecule has 2 aliphatic rings. The van der Waals surface area contributed by atoms with Gasteiger partial charge in [-0.15, -0.1) is 0 Å². The summed E-state index contributed by atoms with van der Waals surface area (Å²) in [6, 6.07) is 10.1. The van der Waals surface area contributed by atoms with E-state index in [9.17, 15) is 14.4 Å². The highest BCUT2D eigenvalue weighted by Gasteiger charge is 2.29. The smallest absolute Gasteiger partial charge is 0.417 e. The Hall–Kier alpha value is -3.55. The maximum Gasteiger partial charge on any atom is 0.417 e. The highest BCUT2D eigenvalue weighted by molar-refractivity contribution is 6.00. The zero-order valence-corrected chi connectivity index (χ0v) is 15.5. The van der Waals surface area contributed by atoms with Gasteiger partial charge in [0.2, 0.25) is 6.79 Å². The number of nitrogens with one attached hydrogen (secondary N) is 1. The minimum atomic E-state index is -0.542. The topological polar surface area (TPSA) is 102 Å². The van der Waals surface area contributed by atoms with Crippen molar-refractivity contribution in [1.29, 1.82) is 0 Å². The van der Waals surface area contributed by atoms with E-state index in [0.717, 1.165) is 0 Å². The summed E-state index contributed by atoms with van der Waals surface area (Å²) < 4.78 is 15.7. The number of hydrogen-bond donors (Lipinski definition) is 1. The number of carbonyl (C=O) groups excluding carboxylic acids is 2. The van der Waals surface area contributed by atoms with E-state index < -0.39 is 5.76 Å². The van der Waals surface area contributed by atoms with E-state index in [1.807, 2.05) is 0 Å². The molecule has 1 aromatic heterocycles. The van der Waals surface area contributed by atoms with Gasteiger partial charge in [-0.3, -0.25) is 14.6 Å². The number of nitrogens with zero attached hydrogens (tertiary/aromatic N) is 1. The Morgan fingerprint density at radius 1 is 0.966 bits per heavy atom. The molecule has 2 aromatic carbocycles. The molecule has 1 saturated heterocycles. The van der Waals surface area contributed by atoms with E-state index in [1.54, 1.807) is 41.3 Å². The Labute approximate surface area is 165 Å². The molecule has 29 heavy (non-hydrogen) atoms. The minimum absolute atomic E-state index is 0.00549. The number of amides is 1. The molecule has 0 unspecified atom stereocenters. The zero-order chi connectivity index (χ0) is 20.0. The van der Waals surface area contributed by atoms with Crippen LogP contribution in [-0.2, 0) is 0 Å². The Balaban J connectivity index is 1.26. The second-order valence-corrected chi connectivity index (χ2v) is 7.22. The lowest BCUT2D eigenvalue weighted by atomic mass is 9.88. The highest BCUT2D eigenvalue weighted by Crippen LogP contribution is 2.33. The van der Waals surface area contributed by atoms with Crippen molar-refractivity contribution in [3.8, 4) is 11.5 Å². The molecule has 0 spiro atoms. The van der Waals surface area contributed by atoms with Crippen LogP contribution in [0, 0.1) is 5.92 Å². The van der Waals surface area contributed by atoms with Gasteiger partial charge in [0.1, 0.15) is 0 Å². The van der Waals surface area contributed by atoms with Gasteiger partial charge < -0.3 is 18.8 Å². The van der Waals surface area contributed by atoms with Crippen LogP contribution in [0.2, 0.25) is 0 Å². The number of ether oxygens (including phenoxy) is 2. The fraction of sp³-hybridized carbons (Fsp3) is 0.286. The van der Waals surface area contributed by atoms with Crippen molar-refractivity contribution in [3.63, 3.8) is 0 Å². The van der Waals surface area contributed by atoms with Crippen molar-refractivity contribution in [2.24, 2.45) is 5.92 Å².